The maximum Gasteiger partial charge on any atom is 0.312 e. The first-order chi connectivity index (χ1) is 18.4. The van der Waals surface area contributed by atoms with Gasteiger partial charge in [-0.2, -0.15) is 9.78 Å². The Labute approximate surface area is 226 Å². The van der Waals surface area contributed by atoms with E-state index >= 15 is 0 Å². The molecule has 8 nitrogen and oxygen atoms in total. The lowest BCUT2D eigenvalue weighted by atomic mass is 10.1. The Morgan fingerprint density at radius 3 is 2.47 bits per heavy atom. The van der Waals surface area contributed by atoms with E-state index in [-0.39, 0.29) is 23.6 Å². The van der Waals surface area contributed by atoms with Crippen LogP contribution >= 0.6 is 15.9 Å². The monoisotopic (exact) mass is 568 g/mol. The van der Waals surface area contributed by atoms with Crippen LogP contribution in [0.1, 0.15) is 16.7 Å². The highest BCUT2D eigenvalue weighted by atomic mass is 79.9. The van der Waals surface area contributed by atoms with Crippen molar-refractivity contribution in [1.82, 2.24) is 9.66 Å². The molecule has 1 heterocycles. The molecule has 0 fully saturated rings. The van der Waals surface area contributed by atoms with E-state index in [0.29, 0.717) is 32.3 Å². The highest BCUT2D eigenvalue weighted by Crippen LogP contribution is 2.36. The second-order valence-electron chi connectivity index (χ2n) is 8.56. The number of ether oxygens (including phenoxy) is 1. The fourth-order valence-electron chi connectivity index (χ4n) is 3.92. The normalized spacial score (nSPS) is 11.2. The molecule has 0 spiro atoms. The lowest BCUT2D eigenvalue weighted by Gasteiger charge is -2.11. The van der Waals surface area contributed by atoms with E-state index in [0.717, 1.165) is 11.1 Å². The minimum Gasteiger partial charge on any atom is -0.481 e. The first-order valence-corrected chi connectivity index (χ1v) is 12.5. The molecular weight excluding hydrogens is 548 g/mol. The number of nitro benzene ring substituents is 1. The molecule has 0 saturated heterocycles. The average molecular weight is 569 g/mol. The van der Waals surface area contributed by atoms with Gasteiger partial charge in [-0.15, -0.1) is 0 Å². The van der Waals surface area contributed by atoms with E-state index in [2.05, 4.69) is 26.0 Å². The van der Waals surface area contributed by atoms with Gasteiger partial charge in [0.05, 0.1) is 26.5 Å². The van der Waals surface area contributed by atoms with Gasteiger partial charge < -0.3 is 4.74 Å². The largest absolute Gasteiger partial charge is 0.481 e. The Morgan fingerprint density at radius 1 is 1.03 bits per heavy atom. The number of aryl methyl sites for hydroxylation is 1. The Hall–Kier alpha value is -4.63. The topological polar surface area (TPSA) is 99.6 Å². The summed E-state index contributed by atoms with van der Waals surface area (Å²) in [5.41, 5.74) is 3.10. The van der Waals surface area contributed by atoms with E-state index in [9.17, 15) is 14.9 Å². The molecule has 0 N–H and O–H groups in total. The molecule has 0 unspecified atom stereocenters. The molecule has 5 aromatic rings. The third-order valence-electron chi connectivity index (χ3n) is 5.85. The van der Waals surface area contributed by atoms with Crippen LogP contribution in [0.3, 0.4) is 0 Å². The SMILES string of the molecule is Cc1ccc(COc2c(Br)cc(C=Nn3c(-c4ccccc4)nc4ccccc4c3=O)cc2[N+](=O)[O-])cc1. The second kappa shape index (κ2) is 10.8. The van der Waals surface area contributed by atoms with Crippen LogP contribution in [0.25, 0.3) is 22.3 Å². The van der Waals surface area contributed by atoms with Gasteiger partial charge in [-0.1, -0.05) is 72.3 Å². The number of hydrogen-bond donors (Lipinski definition) is 0. The molecule has 0 aliphatic carbocycles. The van der Waals surface area contributed by atoms with Crippen molar-refractivity contribution in [3.05, 3.63) is 133 Å². The number of para-hydroxylation sites is 1. The summed E-state index contributed by atoms with van der Waals surface area (Å²) in [6, 6.07) is 27.0. The number of nitro groups is 1. The molecule has 0 amide bonds. The number of aromatic nitrogens is 2. The maximum atomic E-state index is 13.4. The average Bonchev–Trinajstić information content (AvgIpc) is 2.93. The summed E-state index contributed by atoms with van der Waals surface area (Å²) < 4.78 is 7.42. The first kappa shape index (κ1) is 25.0. The molecule has 188 valence electrons. The third-order valence-corrected chi connectivity index (χ3v) is 6.44. The van der Waals surface area contributed by atoms with E-state index in [1.807, 2.05) is 67.6 Å². The van der Waals surface area contributed by atoms with Crippen molar-refractivity contribution in [2.75, 3.05) is 0 Å². The molecule has 0 aliphatic rings. The number of benzene rings is 4. The molecule has 9 heteroatoms. The van der Waals surface area contributed by atoms with Crippen molar-refractivity contribution < 1.29 is 9.66 Å². The van der Waals surface area contributed by atoms with E-state index < -0.39 is 4.92 Å². The third kappa shape index (κ3) is 5.23. The van der Waals surface area contributed by atoms with Gasteiger partial charge in [0.15, 0.2) is 5.82 Å². The predicted molar refractivity (Wildman–Crippen MR) is 151 cm³/mol. The first-order valence-electron chi connectivity index (χ1n) is 11.7. The minimum absolute atomic E-state index is 0.113. The maximum absolute atomic E-state index is 13.4. The van der Waals surface area contributed by atoms with Crippen molar-refractivity contribution in [2.45, 2.75) is 13.5 Å². The van der Waals surface area contributed by atoms with E-state index in [1.54, 1.807) is 24.3 Å². The van der Waals surface area contributed by atoms with Crippen molar-refractivity contribution >= 4 is 38.7 Å². The molecule has 4 aromatic carbocycles. The van der Waals surface area contributed by atoms with Crippen LogP contribution in [-0.2, 0) is 6.61 Å². The zero-order valence-corrected chi connectivity index (χ0v) is 21.8. The molecule has 0 radical (unpaired) electrons. The van der Waals surface area contributed by atoms with Gasteiger partial charge >= 0.3 is 5.69 Å². The zero-order valence-electron chi connectivity index (χ0n) is 20.2. The number of halogens is 1. The predicted octanol–water partition coefficient (Wildman–Crippen LogP) is 6.50. The van der Waals surface area contributed by atoms with Gasteiger partial charge in [0, 0.05) is 17.2 Å². The number of nitrogens with zero attached hydrogens (tertiary/aromatic N) is 4. The van der Waals surface area contributed by atoms with Crippen LogP contribution < -0.4 is 10.3 Å². The van der Waals surface area contributed by atoms with Crippen LogP contribution in [0.4, 0.5) is 5.69 Å². The number of fused-ring (bicyclic) bond motifs is 1. The fraction of sp³-hybridized carbons (Fsp3) is 0.0690. The van der Waals surface area contributed by atoms with Gasteiger partial charge in [-0.25, -0.2) is 4.98 Å². The van der Waals surface area contributed by atoms with Crippen LogP contribution in [0, 0.1) is 17.0 Å². The van der Waals surface area contributed by atoms with Crippen LogP contribution in [0.5, 0.6) is 5.75 Å². The minimum atomic E-state index is -0.508. The summed E-state index contributed by atoms with van der Waals surface area (Å²) in [5.74, 6) is 0.472. The van der Waals surface area contributed by atoms with Gasteiger partial charge in [-0.05, 0) is 46.6 Å². The van der Waals surface area contributed by atoms with Crippen LogP contribution in [-0.4, -0.2) is 20.8 Å². The van der Waals surface area contributed by atoms with Gasteiger partial charge in [0.1, 0.15) is 6.61 Å². The van der Waals surface area contributed by atoms with Gasteiger partial charge in [0.25, 0.3) is 5.56 Å². The Bertz CT molecular complexity index is 1730. The number of rotatable bonds is 7. The van der Waals surface area contributed by atoms with Gasteiger partial charge in [0.2, 0.25) is 5.75 Å². The lowest BCUT2D eigenvalue weighted by molar-refractivity contribution is -0.386. The van der Waals surface area contributed by atoms with Crippen molar-refractivity contribution in [3.8, 4) is 17.1 Å². The summed E-state index contributed by atoms with van der Waals surface area (Å²) in [6.45, 7) is 2.16. The molecule has 0 saturated carbocycles. The highest BCUT2D eigenvalue weighted by molar-refractivity contribution is 9.10. The number of hydrogen-bond acceptors (Lipinski definition) is 6. The van der Waals surface area contributed by atoms with Crippen molar-refractivity contribution in [1.29, 1.82) is 0 Å². The molecule has 38 heavy (non-hydrogen) atoms. The second-order valence-corrected chi connectivity index (χ2v) is 9.42. The summed E-state index contributed by atoms with van der Waals surface area (Å²) in [7, 11) is 0. The standard InChI is InChI=1S/C29H21BrN4O4/c1-19-11-13-20(14-12-19)18-38-27-24(30)15-21(16-26(27)34(36)37)17-31-33-28(22-7-3-2-4-8-22)32-25-10-6-5-9-23(25)29(33)35/h2-17H,18H2,1H3. The molecule has 0 atom stereocenters. The lowest BCUT2D eigenvalue weighted by Crippen LogP contribution is -2.20. The van der Waals surface area contributed by atoms with Crippen LogP contribution in [0.15, 0.2) is 105 Å². The summed E-state index contributed by atoms with van der Waals surface area (Å²) in [5, 5.41) is 16.7. The van der Waals surface area contributed by atoms with Crippen molar-refractivity contribution in [3.63, 3.8) is 0 Å². The smallest absolute Gasteiger partial charge is 0.312 e. The van der Waals surface area contributed by atoms with Crippen LogP contribution in [0.2, 0.25) is 0 Å². The Morgan fingerprint density at radius 2 is 1.74 bits per heavy atom. The van der Waals surface area contributed by atoms with E-state index in [1.165, 1.54) is 17.0 Å². The highest BCUT2D eigenvalue weighted by Gasteiger charge is 2.20. The molecular formula is C29H21BrN4O4. The summed E-state index contributed by atoms with van der Waals surface area (Å²) in [6.07, 6.45) is 1.39. The fourth-order valence-corrected chi connectivity index (χ4v) is 4.50. The molecule has 1 aromatic heterocycles. The summed E-state index contributed by atoms with van der Waals surface area (Å²) >= 11 is 3.40. The Balaban J connectivity index is 1.54. The quantitative estimate of drug-likeness (QED) is 0.127. The van der Waals surface area contributed by atoms with Crippen molar-refractivity contribution in [2.24, 2.45) is 5.10 Å². The Kier molecular flexibility index (Phi) is 7.10. The zero-order chi connectivity index (χ0) is 26.6. The summed E-state index contributed by atoms with van der Waals surface area (Å²) in [4.78, 5) is 29.4. The van der Waals surface area contributed by atoms with E-state index in [4.69, 9.17) is 4.74 Å². The molecule has 0 aliphatic heterocycles. The van der Waals surface area contributed by atoms with Gasteiger partial charge in [-0.3, -0.25) is 14.9 Å². The molecule has 5 rings (SSSR count). The molecule has 0 bridgehead atoms.